The fraction of sp³-hybridized carbons (Fsp3) is 0.261. The number of aromatic nitrogens is 1. The Kier molecular flexibility index (Phi) is 5.67. The summed E-state index contributed by atoms with van der Waals surface area (Å²) in [7, 11) is 1.83. The Hall–Kier alpha value is -3.72. The van der Waals surface area contributed by atoms with Gasteiger partial charge in [0.15, 0.2) is 0 Å². The number of hydrogen-bond acceptors (Lipinski definition) is 7. The minimum Gasteiger partial charge on any atom is -0.507 e. The number of aliphatic imine (C=N–C) groups is 1. The van der Waals surface area contributed by atoms with Crippen LogP contribution in [0.25, 0.3) is 11.1 Å². The molecule has 1 aliphatic heterocycles. The number of aliphatic carboxylic acids is 1. The van der Waals surface area contributed by atoms with Crippen LogP contribution < -0.4 is 15.4 Å². The monoisotopic (exact) mass is 438 g/mol. The maximum Gasteiger partial charge on any atom is 0.338 e. The Balaban J connectivity index is 1.71. The van der Waals surface area contributed by atoms with Gasteiger partial charge in [-0.2, -0.15) is 0 Å². The number of nitrogens with zero attached hydrogens (tertiary/aromatic N) is 2. The lowest BCUT2D eigenvalue weighted by atomic mass is 9.86. The Morgan fingerprint density at radius 1 is 1.34 bits per heavy atom. The van der Waals surface area contributed by atoms with Crippen LogP contribution in [0.3, 0.4) is 0 Å². The Bertz CT molecular complexity index is 1160. The van der Waals surface area contributed by atoms with Gasteiger partial charge in [-0.3, -0.25) is 4.99 Å². The number of phenolic OH excluding ortho intramolecular Hbond substituents is 1. The summed E-state index contributed by atoms with van der Waals surface area (Å²) in [4.78, 5) is 20.3. The molecule has 2 atom stereocenters. The van der Waals surface area contributed by atoms with Crippen molar-refractivity contribution in [1.82, 2.24) is 15.6 Å². The summed E-state index contributed by atoms with van der Waals surface area (Å²) < 4.78 is 20.0. The summed E-state index contributed by atoms with van der Waals surface area (Å²) in [5.74, 6) is -1.39. The first kappa shape index (κ1) is 21.5. The number of phenols is 1. The first-order chi connectivity index (χ1) is 15.3. The molecule has 0 saturated carbocycles. The van der Waals surface area contributed by atoms with Crippen molar-refractivity contribution in [2.45, 2.75) is 18.5 Å². The van der Waals surface area contributed by atoms with Crippen molar-refractivity contribution in [3.05, 3.63) is 65.6 Å². The maximum atomic E-state index is 14.2. The summed E-state index contributed by atoms with van der Waals surface area (Å²) in [6, 6.07) is 8.10. The van der Waals surface area contributed by atoms with Gasteiger partial charge >= 0.3 is 5.97 Å². The zero-order valence-electron chi connectivity index (χ0n) is 17.6. The molecule has 0 amide bonds. The molecule has 2 unspecified atom stereocenters. The quantitative estimate of drug-likeness (QED) is 0.491. The summed E-state index contributed by atoms with van der Waals surface area (Å²) >= 11 is 0. The van der Waals surface area contributed by atoms with Crippen LogP contribution in [-0.4, -0.2) is 58.8 Å². The molecule has 0 fully saturated rings. The van der Waals surface area contributed by atoms with Crippen molar-refractivity contribution in [2.75, 3.05) is 20.2 Å². The molecular weight excluding hydrogens is 415 g/mol. The van der Waals surface area contributed by atoms with Crippen LogP contribution in [0.2, 0.25) is 0 Å². The van der Waals surface area contributed by atoms with E-state index in [1.807, 2.05) is 13.1 Å². The minimum absolute atomic E-state index is 0.0179. The number of amidine groups is 1. The third-order valence-corrected chi connectivity index (χ3v) is 5.44. The molecule has 1 aromatic heterocycles. The van der Waals surface area contributed by atoms with Gasteiger partial charge in [-0.05, 0) is 56.0 Å². The number of benzene rings is 1. The van der Waals surface area contributed by atoms with Crippen LogP contribution in [0.4, 0.5) is 4.39 Å². The number of hydrogen-bond donors (Lipinski definition) is 4. The molecule has 8 nitrogen and oxygen atoms in total. The minimum atomic E-state index is -1.35. The number of pyridine rings is 1. The zero-order valence-corrected chi connectivity index (χ0v) is 17.6. The molecule has 166 valence electrons. The highest BCUT2D eigenvalue weighted by Crippen LogP contribution is 2.37. The van der Waals surface area contributed by atoms with Crippen molar-refractivity contribution in [3.8, 4) is 22.8 Å². The number of rotatable bonds is 7. The van der Waals surface area contributed by atoms with Gasteiger partial charge in [-0.25, -0.2) is 14.2 Å². The average molecular weight is 438 g/mol. The number of fused-ring (bicyclic) bond motifs is 1. The van der Waals surface area contributed by atoms with Crippen LogP contribution in [0, 0.1) is 0 Å². The van der Waals surface area contributed by atoms with E-state index in [1.54, 1.807) is 37.4 Å². The fourth-order valence-electron chi connectivity index (χ4n) is 3.74. The Labute approximate surface area is 184 Å². The number of likely N-dealkylation sites (N-methyl/N-ethyl adjacent to an activating group) is 1. The summed E-state index contributed by atoms with van der Waals surface area (Å²) in [6.45, 7) is 2.81. The first-order valence-corrected chi connectivity index (χ1v) is 10.1. The number of ether oxygens (including phenoxy) is 1. The van der Waals surface area contributed by atoms with Crippen molar-refractivity contribution < 1.29 is 24.1 Å². The van der Waals surface area contributed by atoms with E-state index in [-0.39, 0.29) is 5.75 Å². The lowest BCUT2D eigenvalue weighted by molar-refractivity contribution is -0.132. The number of carboxylic acids is 1. The molecule has 2 heterocycles. The Morgan fingerprint density at radius 3 is 2.91 bits per heavy atom. The number of aromatic hydroxyl groups is 1. The molecular formula is C23H23FN4O4. The van der Waals surface area contributed by atoms with Crippen molar-refractivity contribution in [2.24, 2.45) is 4.99 Å². The third-order valence-electron chi connectivity index (χ3n) is 5.44. The van der Waals surface area contributed by atoms with Crippen molar-refractivity contribution in [3.63, 3.8) is 0 Å². The fourth-order valence-corrected chi connectivity index (χ4v) is 3.74. The van der Waals surface area contributed by atoms with E-state index in [0.717, 1.165) is 11.1 Å². The molecule has 0 radical (unpaired) electrons. The van der Waals surface area contributed by atoms with E-state index < -0.39 is 29.0 Å². The number of nitrogens with one attached hydrogen (secondary N) is 2. The van der Waals surface area contributed by atoms with E-state index in [1.165, 1.54) is 12.2 Å². The predicted octanol–water partition coefficient (Wildman–Crippen LogP) is 2.41. The number of carbonyl (C=O) groups is 1. The van der Waals surface area contributed by atoms with E-state index in [4.69, 9.17) is 4.74 Å². The first-order valence-electron chi connectivity index (χ1n) is 10.1. The molecule has 4 N–H and O–H groups in total. The van der Waals surface area contributed by atoms with Crippen LogP contribution in [0.5, 0.6) is 11.6 Å². The van der Waals surface area contributed by atoms with E-state index in [2.05, 4.69) is 20.6 Å². The zero-order chi connectivity index (χ0) is 22.9. The van der Waals surface area contributed by atoms with Gasteiger partial charge in [0.25, 0.3) is 0 Å². The summed E-state index contributed by atoms with van der Waals surface area (Å²) in [6.07, 6.45) is 4.14. The van der Waals surface area contributed by atoms with Gasteiger partial charge < -0.3 is 25.6 Å². The van der Waals surface area contributed by atoms with Gasteiger partial charge in [-0.15, -0.1) is 0 Å². The highest BCUT2D eigenvalue weighted by atomic mass is 19.1. The van der Waals surface area contributed by atoms with Gasteiger partial charge in [0.2, 0.25) is 5.88 Å². The molecule has 4 rings (SSSR count). The lowest BCUT2D eigenvalue weighted by Crippen LogP contribution is -2.42. The van der Waals surface area contributed by atoms with Crippen LogP contribution in [0.15, 0.2) is 65.1 Å². The van der Waals surface area contributed by atoms with Crippen LogP contribution in [-0.2, 0) is 4.79 Å². The predicted molar refractivity (Wildman–Crippen MR) is 118 cm³/mol. The third kappa shape index (κ3) is 3.94. The smallest absolute Gasteiger partial charge is 0.338 e. The largest absolute Gasteiger partial charge is 0.507 e. The Morgan fingerprint density at radius 2 is 2.16 bits per heavy atom. The topological polar surface area (TPSA) is 116 Å². The molecule has 0 bridgehead atoms. The van der Waals surface area contributed by atoms with Gasteiger partial charge in [0.05, 0.1) is 17.2 Å². The summed E-state index contributed by atoms with van der Waals surface area (Å²) in [5.41, 5.74) is 0.468. The lowest BCUT2D eigenvalue weighted by Gasteiger charge is -2.27. The molecule has 1 aliphatic carbocycles. The van der Waals surface area contributed by atoms with Gasteiger partial charge in [0, 0.05) is 18.3 Å². The normalized spacial score (nSPS) is 21.7. The highest BCUT2D eigenvalue weighted by molar-refractivity contribution is 6.05. The molecule has 0 saturated heterocycles. The van der Waals surface area contributed by atoms with Gasteiger partial charge in [-0.1, -0.05) is 6.07 Å². The molecule has 2 aromatic rings. The van der Waals surface area contributed by atoms with Crippen molar-refractivity contribution in [1.29, 1.82) is 0 Å². The average Bonchev–Trinajstić information content (AvgIpc) is 3.10. The number of carboxylic acid groups (broad SMARTS) is 1. The second-order valence-electron chi connectivity index (χ2n) is 7.73. The van der Waals surface area contributed by atoms with Crippen molar-refractivity contribution >= 4 is 11.8 Å². The van der Waals surface area contributed by atoms with E-state index in [0.29, 0.717) is 30.4 Å². The van der Waals surface area contributed by atoms with Gasteiger partial charge in [0.1, 0.15) is 29.6 Å². The second kappa shape index (κ2) is 8.43. The molecule has 1 aromatic carbocycles. The standard InChI is InChI=1S/C23H23FN4O4/c1-23-12-16(22(30)31)17(24)11-19(23)27-20(28-23)15-10-13(5-6-18(15)29)14-4-3-7-26-21(14)32-9-8-25-2/h3-7,10-12,19,25,29H,8-9H2,1-2H3,(H,27,28)(H,30,31). The number of halogens is 1. The molecule has 32 heavy (non-hydrogen) atoms. The van der Waals surface area contributed by atoms with E-state index >= 15 is 0 Å². The molecule has 2 aliphatic rings. The SMILES string of the molecule is CNCCOc1ncccc1-c1ccc(O)c(C2=NC3(C)C=C(C(=O)O)C(F)=CC3N2)c1. The summed E-state index contributed by atoms with van der Waals surface area (Å²) in [5, 5.41) is 25.9. The molecule has 9 heteroatoms. The van der Waals surface area contributed by atoms with E-state index in [9.17, 15) is 19.4 Å². The highest BCUT2D eigenvalue weighted by Gasteiger charge is 2.42. The van der Waals surface area contributed by atoms with Crippen LogP contribution in [0.1, 0.15) is 12.5 Å². The maximum absolute atomic E-state index is 14.2. The second-order valence-corrected chi connectivity index (χ2v) is 7.73. The van der Waals surface area contributed by atoms with Crippen LogP contribution >= 0.6 is 0 Å². The molecule has 0 spiro atoms.